The van der Waals surface area contributed by atoms with Gasteiger partial charge in [-0.15, -0.1) is 0 Å². The first kappa shape index (κ1) is 17.5. The quantitative estimate of drug-likeness (QED) is 0.799. The molecule has 2 unspecified atom stereocenters. The molecule has 2 atom stereocenters. The number of nitrogens with two attached hydrogens (primary N) is 1. The van der Waals surface area contributed by atoms with Crippen LogP contribution in [0.3, 0.4) is 0 Å². The maximum absolute atomic E-state index is 13.9. The lowest BCUT2D eigenvalue weighted by molar-refractivity contribution is 0.0994. The molecule has 2 N–H and O–H groups in total. The molecule has 0 fully saturated rings. The van der Waals surface area contributed by atoms with E-state index in [1.807, 2.05) is 23.9 Å². The highest BCUT2D eigenvalue weighted by molar-refractivity contribution is 7.98. The Morgan fingerprint density at radius 1 is 1.40 bits per heavy atom. The Labute approximate surface area is 126 Å². The van der Waals surface area contributed by atoms with Gasteiger partial charge in [-0.05, 0) is 44.7 Å². The molecular formula is C16H27FN2S. The topological polar surface area (TPSA) is 29.3 Å². The molecule has 2 nitrogen and oxygen atoms in total. The minimum atomic E-state index is -0.224. The summed E-state index contributed by atoms with van der Waals surface area (Å²) in [5.74, 6) is 0.929. The highest BCUT2D eigenvalue weighted by atomic mass is 32.2. The summed E-state index contributed by atoms with van der Waals surface area (Å²) in [5, 5.41) is 0. The molecule has 0 aliphatic rings. The molecule has 1 aromatic rings. The van der Waals surface area contributed by atoms with Gasteiger partial charge in [0, 0.05) is 23.9 Å². The van der Waals surface area contributed by atoms with E-state index in [4.69, 9.17) is 5.73 Å². The predicted molar refractivity (Wildman–Crippen MR) is 87.8 cm³/mol. The van der Waals surface area contributed by atoms with Crippen LogP contribution >= 0.6 is 11.8 Å². The second kappa shape index (κ2) is 8.01. The maximum Gasteiger partial charge on any atom is 0.126 e. The number of likely N-dealkylation sites (N-methyl/N-ethyl adjacent to an activating group) is 1. The van der Waals surface area contributed by atoms with E-state index in [0.717, 1.165) is 17.7 Å². The third kappa shape index (κ3) is 4.21. The van der Waals surface area contributed by atoms with E-state index in [9.17, 15) is 4.39 Å². The van der Waals surface area contributed by atoms with Gasteiger partial charge in [0.1, 0.15) is 5.82 Å². The van der Waals surface area contributed by atoms with Crippen LogP contribution in [0.5, 0.6) is 0 Å². The van der Waals surface area contributed by atoms with Crippen molar-refractivity contribution in [3.63, 3.8) is 0 Å². The molecule has 0 aromatic heterocycles. The van der Waals surface area contributed by atoms with Gasteiger partial charge in [0.15, 0.2) is 0 Å². The third-order valence-corrected chi connectivity index (χ3v) is 4.92. The van der Waals surface area contributed by atoms with E-state index in [2.05, 4.69) is 32.1 Å². The van der Waals surface area contributed by atoms with Crippen LogP contribution in [-0.4, -0.2) is 42.1 Å². The van der Waals surface area contributed by atoms with Crippen LogP contribution in [0.1, 0.15) is 25.8 Å². The summed E-state index contributed by atoms with van der Waals surface area (Å²) >= 11 is 1.84. The zero-order chi connectivity index (χ0) is 15.2. The molecular weight excluding hydrogens is 271 g/mol. The molecule has 0 amide bonds. The van der Waals surface area contributed by atoms with Gasteiger partial charge in [0.05, 0.1) is 0 Å². The molecule has 4 heteroatoms. The largest absolute Gasteiger partial charge is 0.329 e. The van der Waals surface area contributed by atoms with Crippen molar-refractivity contribution in [2.75, 3.05) is 25.6 Å². The fraction of sp³-hybridized carbons (Fsp3) is 0.625. The minimum Gasteiger partial charge on any atom is -0.329 e. The summed E-state index contributed by atoms with van der Waals surface area (Å²) in [4.78, 5) is 2.33. The third-order valence-electron chi connectivity index (χ3n) is 4.20. The molecule has 114 valence electrons. The highest BCUT2D eigenvalue weighted by Crippen LogP contribution is 2.24. The zero-order valence-electron chi connectivity index (χ0n) is 13.0. The van der Waals surface area contributed by atoms with Crippen LogP contribution in [0, 0.1) is 5.82 Å². The van der Waals surface area contributed by atoms with Crippen molar-refractivity contribution >= 4 is 11.8 Å². The van der Waals surface area contributed by atoms with Crippen molar-refractivity contribution in [1.82, 2.24) is 4.90 Å². The van der Waals surface area contributed by atoms with E-state index >= 15 is 0 Å². The molecule has 0 spiro atoms. The lowest BCUT2D eigenvalue weighted by Crippen LogP contribution is -2.56. The van der Waals surface area contributed by atoms with Gasteiger partial charge < -0.3 is 5.73 Å². The molecule has 0 saturated heterocycles. The van der Waals surface area contributed by atoms with Gasteiger partial charge in [-0.25, -0.2) is 4.39 Å². The Hall–Kier alpha value is -0.580. The molecule has 0 aliphatic heterocycles. The van der Waals surface area contributed by atoms with Crippen LogP contribution < -0.4 is 5.73 Å². The van der Waals surface area contributed by atoms with Crippen LogP contribution in [0.25, 0.3) is 0 Å². The average molecular weight is 298 g/mol. The molecule has 0 aliphatic carbocycles. The first-order chi connectivity index (χ1) is 9.48. The van der Waals surface area contributed by atoms with Gasteiger partial charge >= 0.3 is 0 Å². The van der Waals surface area contributed by atoms with E-state index in [1.54, 1.807) is 6.07 Å². The summed E-state index contributed by atoms with van der Waals surface area (Å²) in [6.45, 7) is 4.84. The first-order valence-corrected chi connectivity index (χ1v) is 8.53. The Morgan fingerprint density at radius 3 is 2.55 bits per heavy atom. The second-order valence-corrected chi connectivity index (χ2v) is 6.51. The van der Waals surface area contributed by atoms with Gasteiger partial charge in [-0.3, -0.25) is 4.90 Å². The molecule has 20 heavy (non-hydrogen) atoms. The van der Waals surface area contributed by atoms with Crippen molar-refractivity contribution in [1.29, 1.82) is 0 Å². The standard InChI is InChI=1S/C16H27FN2S/c1-5-14(11-20-4)19(3)16(2,12-18)10-13-8-6-7-9-15(13)17/h6-9,14H,5,10-12,18H2,1-4H3. The van der Waals surface area contributed by atoms with Crippen molar-refractivity contribution in [3.05, 3.63) is 35.6 Å². The summed E-state index contributed by atoms with van der Waals surface area (Å²) in [6.07, 6.45) is 3.83. The monoisotopic (exact) mass is 298 g/mol. The fourth-order valence-electron chi connectivity index (χ4n) is 2.53. The Bertz CT molecular complexity index is 413. The smallest absolute Gasteiger partial charge is 0.126 e. The molecule has 1 aromatic carbocycles. The number of nitrogens with zero attached hydrogens (tertiary/aromatic N) is 1. The summed E-state index contributed by atoms with van der Waals surface area (Å²) < 4.78 is 13.9. The van der Waals surface area contributed by atoms with Crippen LogP contribution in [-0.2, 0) is 6.42 Å². The van der Waals surface area contributed by atoms with E-state index in [0.29, 0.717) is 19.0 Å². The van der Waals surface area contributed by atoms with E-state index in [-0.39, 0.29) is 11.4 Å². The highest BCUT2D eigenvalue weighted by Gasteiger charge is 2.32. The number of thioether (sulfide) groups is 1. The Kier molecular flexibility index (Phi) is 7.00. The van der Waals surface area contributed by atoms with Crippen molar-refractivity contribution in [3.8, 4) is 0 Å². The van der Waals surface area contributed by atoms with E-state index in [1.165, 1.54) is 6.07 Å². The Morgan fingerprint density at radius 2 is 2.05 bits per heavy atom. The van der Waals surface area contributed by atoms with Crippen LogP contribution in [0.15, 0.2) is 24.3 Å². The normalized spacial score (nSPS) is 16.1. The van der Waals surface area contributed by atoms with Crippen molar-refractivity contribution < 1.29 is 4.39 Å². The maximum atomic E-state index is 13.9. The summed E-state index contributed by atoms with van der Waals surface area (Å²) in [7, 11) is 2.11. The average Bonchev–Trinajstić information content (AvgIpc) is 2.46. The molecule has 0 radical (unpaired) electrons. The molecule has 0 bridgehead atoms. The van der Waals surface area contributed by atoms with Crippen LogP contribution in [0.2, 0.25) is 0 Å². The molecule has 0 saturated carbocycles. The van der Waals surface area contributed by atoms with Gasteiger partial charge in [-0.1, -0.05) is 25.1 Å². The zero-order valence-corrected chi connectivity index (χ0v) is 13.8. The number of hydrogen-bond donors (Lipinski definition) is 1. The van der Waals surface area contributed by atoms with Gasteiger partial charge in [-0.2, -0.15) is 11.8 Å². The summed E-state index contributed by atoms with van der Waals surface area (Å²) in [6, 6.07) is 7.45. The van der Waals surface area contributed by atoms with Crippen LogP contribution in [0.4, 0.5) is 4.39 Å². The Balaban J connectivity index is 2.93. The fourth-order valence-corrected chi connectivity index (χ4v) is 3.37. The predicted octanol–water partition coefficient (Wildman–Crippen LogP) is 3.16. The lowest BCUT2D eigenvalue weighted by atomic mass is 9.89. The van der Waals surface area contributed by atoms with E-state index < -0.39 is 0 Å². The number of benzene rings is 1. The summed E-state index contributed by atoms with van der Waals surface area (Å²) in [5.41, 5.74) is 6.54. The minimum absolute atomic E-state index is 0.140. The SMILES string of the molecule is CCC(CSC)N(C)C(C)(CN)Cc1ccccc1F. The van der Waals surface area contributed by atoms with Crippen molar-refractivity contribution in [2.24, 2.45) is 5.73 Å². The lowest BCUT2D eigenvalue weighted by Gasteiger charge is -2.43. The molecule has 1 rings (SSSR count). The first-order valence-electron chi connectivity index (χ1n) is 7.13. The number of rotatable bonds is 8. The second-order valence-electron chi connectivity index (χ2n) is 5.60. The van der Waals surface area contributed by atoms with Crippen molar-refractivity contribution in [2.45, 2.75) is 38.3 Å². The van der Waals surface area contributed by atoms with Gasteiger partial charge in [0.2, 0.25) is 0 Å². The van der Waals surface area contributed by atoms with Gasteiger partial charge in [0.25, 0.3) is 0 Å². The number of halogens is 1. The number of hydrogen-bond acceptors (Lipinski definition) is 3. The molecule has 0 heterocycles.